The van der Waals surface area contributed by atoms with Crippen molar-refractivity contribution in [3.8, 4) is 6.07 Å². The number of ketones is 1. The van der Waals surface area contributed by atoms with Gasteiger partial charge < -0.3 is 5.73 Å². The topological polar surface area (TPSA) is 113 Å². The molecule has 0 radical (unpaired) electrons. The molecule has 0 bridgehead atoms. The molecule has 1 atom stereocenters. The van der Waals surface area contributed by atoms with Crippen molar-refractivity contribution < 1.29 is 22.9 Å². The van der Waals surface area contributed by atoms with Gasteiger partial charge in [-0.15, -0.1) is 0 Å². The van der Waals surface area contributed by atoms with Crippen LogP contribution in [0.3, 0.4) is 0 Å². The fourth-order valence-electron chi connectivity index (χ4n) is 4.35. The van der Waals surface area contributed by atoms with Gasteiger partial charge in [-0.05, 0) is 36.6 Å². The Bertz CT molecular complexity index is 1270. The lowest BCUT2D eigenvalue weighted by Gasteiger charge is -2.39. The van der Waals surface area contributed by atoms with Crippen LogP contribution in [0.25, 0.3) is 0 Å². The molecule has 2 aromatic carbocycles. The van der Waals surface area contributed by atoms with Gasteiger partial charge in [0.15, 0.2) is 5.78 Å². The van der Waals surface area contributed by atoms with Gasteiger partial charge in [0, 0.05) is 35.5 Å². The van der Waals surface area contributed by atoms with Crippen molar-refractivity contribution in [2.24, 2.45) is 5.73 Å². The summed E-state index contributed by atoms with van der Waals surface area (Å²) in [6.07, 6.45) is -3.58. The number of carbonyl (C=O) groups is 1. The highest BCUT2D eigenvalue weighted by Crippen LogP contribution is 2.47. The Morgan fingerprint density at radius 3 is 2.55 bits per heavy atom. The highest BCUT2D eigenvalue weighted by molar-refractivity contribution is 6.01. The Morgan fingerprint density at radius 1 is 1.15 bits per heavy atom. The van der Waals surface area contributed by atoms with Crippen molar-refractivity contribution >= 4 is 17.2 Å². The first kappa shape index (κ1) is 22.1. The first-order valence-electron chi connectivity index (χ1n) is 10.0. The molecule has 1 aliphatic heterocycles. The average molecular weight is 454 g/mol. The zero-order valence-corrected chi connectivity index (χ0v) is 17.1. The van der Waals surface area contributed by atoms with E-state index in [1.165, 1.54) is 35.2 Å². The van der Waals surface area contributed by atoms with Crippen molar-refractivity contribution in [2.75, 3.05) is 4.90 Å². The molecule has 0 saturated heterocycles. The van der Waals surface area contributed by atoms with Crippen LogP contribution in [0, 0.1) is 21.4 Å². The average Bonchev–Trinajstić information content (AvgIpc) is 2.78. The Balaban J connectivity index is 1.96. The third-order valence-electron chi connectivity index (χ3n) is 5.76. The summed E-state index contributed by atoms with van der Waals surface area (Å²) < 4.78 is 40.0. The summed E-state index contributed by atoms with van der Waals surface area (Å²) in [7, 11) is 0. The number of non-ortho nitro benzene ring substituents is 1. The van der Waals surface area contributed by atoms with Crippen LogP contribution in [0.1, 0.15) is 36.3 Å². The molecule has 1 heterocycles. The van der Waals surface area contributed by atoms with Gasteiger partial charge in [0.05, 0.1) is 28.0 Å². The van der Waals surface area contributed by atoms with Crippen molar-refractivity contribution in [3.05, 3.63) is 92.4 Å². The van der Waals surface area contributed by atoms with Crippen LogP contribution in [0.5, 0.6) is 0 Å². The fourth-order valence-corrected chi connectivity index (χ4v) is 4.35. The second kappa shape index (κ2) is 8.09. The molecule has 4 rings (SSSR count). The number of nitrogens with two attached hydrogens (primary N) is 1. The molecular formula is C23H17F3N4O3. The Hall–Kier alpha value is -4.13. The van der Waals surface area contributed by atoms with E-state index in [0.29, 0.717) is 24.1 Å². The molecule has 0 saturated carbocycles. The second-order valence-electron chi connectivity index (χ2n) is 7.72. The minimum Gasteiger partial charge on any atom is -0.384 e. The zero-order chi connectivity index (χ0) is 23.9. The van der Waals surface area contributed by atoms with Gasteiger partial charge in [-0.3, -0.25) is 19.8 Å². The van der Waals surface area contributed by atoms with Gasteiger partial charge in [0.2, 0.25) is 0 Å². The number of alkyl halides is 3. The molecule has 2 N–H and O–H groups in total. The lowest BCUT2D eigenvalue weighted by Crippen LogP contribution is -2.38. The summed E-state index contributed by atoms with van der Waals surface area (Å²) in [6, 6.07) is 12.1. The van der Waals surface area contributed by atoms with Crippen LogP contribution < -0.4 is 10.6 Å². The van der Waals surface area contributed by atoms with Crippen molar-refractivity contribution in [2.45, 2.75) is 31.4 Å². The normalized spacial score (nSPS) is 18.8. The van der Waals surface area contributed by atoms with E-state index in [9.17, 15) is 33.3 Å². The summed E-state index contributed by atoms with van der Waals surface area (Å²) in [5.41, 5.74) is 6.22. The molecule has 0 spiro atoms. The zero-order valence-electron chi connectivity index (χ0n) is 17.1. The van der Waals surface area contributed by atoms with Gasteiger partial charge in [-0.1, -0.05) is 18.2 Å². The van der Waals surface area contributed by atoms with E-state index in [0.717, 1.165) is 12.1 Å². The lowest BCUT2D eigenvalue weighted by molar-refractivity contribution is -0.384. The van der Waals surface area contributed by atoms with E-state index in [-0.39, 0.29) is 40.5 Å². The van der Waals surface area contributed by atoms with Gasteiger partial charge >= 0.3 is 6.18 Å². The standard InChI is InChI=1S/C23H17F3N4O3/c24-23(25,26)14-5-2-6-15(11-14)29-18-8-3-9-19(31)21(18)20(17(12-27)22(29)28)13-4-1-7-16(10-13)30(32)33/h1-2,4-7,10-11,20H,3,8-9,28H2/t20-/m0/s1. The number of nitrogens with zero attached hydrogens (tertiary/aromatic N) is 3. The fraction of sp³-hybridized carbons (Fsp3) is 0.217. The molecule has 0 amide bonds. The van der Waals surface area contributed by atoms with Gasteiger partial charge in [0.1, 0.15) is 5.82 Å². The largest absolute Gasteiger partial charge is 0.416 e. The number of hydrogen-bond acceptors (Lipinski definition) is 6. The van der Waals surface area contributed by atoms with Crippen LogP contribution in [0.15, 0.2) is 71.2 Å². The number of rotatable bonds is 3. The molecule has 0 unspecified atom stereocenters. The van der Waals surface area contributed by atoms with Gasteiger partial charge in [-0.25, -0.2) is 0 Å². The number of Topliss-reactive ketones (excluding diaryl/α,β-unsaturated/α-hetero) is 1. The lowest BCUT2D eigenvalue weighted by atomic mass is 9.75. The van der Waals surface area contributed by atoms with E-state index in [1.54, 1.807) is 6.07 Å². The summed E-state index contributed by atoms with van der Waals surface area (Å²) >= 11 is 0. The third kappa shape index (κ3) is 3.82. The number of halogens is 3. The molecular weight excluding hydrogens is 437 g/mol. The molecule has 33 heavy (non-hydrogen) atoms. The number of nitro benzene ring substituents is 1. The van der Waals surface area contributed by atoms with Crippen LogP contribution in [0.2, 0.25) is 0 Å². The Morgan fingerprint density at radius 2 is 1.88 bits per heavy atom. The van der Waals surface area contributed by atoms with Crippen LogP contribution in [-0.2, 0) is 11.0 Å². The predicted octanol–water partition coefficient (Wildman–Crippen LogP) is 4.92. The first-order valence-corrected chi connectivity index (χ1v) is 10.0. The molecule has 168 valence electrons. The number of allylic oxidation sites excluding steroid dienone is 3. The molecule has 0 aromatic heterocycles. The molecule has 2 aliphatic rings. The molecule has 2 aromatic rings. The number of nitriles is 1. The van der Waals surface area contributed by atoms with Gasteiger partial charge in [0.25, 0.3) is 5.69 Å². The second-order valence-corrected chi connectivity index (χ2v) is 7.72. The molecule has 1 aliphatic carbocycles. The SMILES string of the molecule is N#CC1=C(N)N(c2cccc(C(F)(F)F)c2)C2=C(C(=O)CCC2)[C@H]1c1cccc([N+](=O)[O-])c1. The van der Waals surface area contributed by atoms with Crippen molar-refractivity contribution in [1.29, 1.82) is 5.26 Å². The summed E-state index contributed by atoms with van der Waals surface area (Å²) in [6.45, 7) is 0. The number of anilines is 1. The van der Waals surface area contributed by atoms with Crippen LogP contribution in [0.4, 0.5) is 24.5 Å². The van der Waals surface area contributed by atoms with E-state index < -0.39 is 22.6 Å². The highest BCUT2D eigenvalue weighted by Gasteiger charge is 2.41. The highest BCUT2D eigenvalue weighted by atomic mass is 19.4. The molecule has 7 nitrogen and oxygen atoms in total. The maximum Gasteiger partial charge on any atom is 0.416 e. The molecule has 10 heteroatoms. The van der Waals surface area contributed by atoms with E-state index >= 15 is 0 Å². The van der Waals surface area contributed by atoms with Gasteiger partial charge in [-0.2, -0.15) is 18.4 Å². The van der Waals surface area contributed by atoms with Crippen molar-refractivity contribution in [1.82, 2.24) is 0 Å². The van der Waals surface area contributed by atoms with E-state index in [1.807, 2.05) is 6.07 Å². The number of nitro groups is 1. The van der Waals surface area contributed by atoms with Crippen LogP contribution in [-0.4, -0.2) is 10.7 Å². The van der Waals surface area contributed by atoms with E-state index in [4.69, 9.17) is 5.73 Å². The van der Waals surface area contributed by atoms with E-state index in [2.05, 4.69) is 0 Å². The monoisotopic (exact) mass is 454 g/mol. The quantitative estimate of drug-likeness (QED) is 0.520. The maximum atomic E-state index is 13.3. The number of benzene rings is 2. The Kier molecular flexibility index (Phi) is 5.41. The van der Waals surface area contributed by atoms with Crippen molar-refractivity contribution in [3.63, 3.8) is 0 Å². The number of hydrogen-bond donors (Lipinski definition) is 1. The minimum atomic E-state index is -4.59. The smallest absolute Gasteiger partial charge is 0.384 e. The maximum absolute atomic E-state index is 13.3. The van der Waals surface area contributed by atoms with Crippen LogP contribution >= 0.6 is 0 Å². The first-order chi connectivity index (χ1) is 15.6. The summed E-state index contributed by atoms with van der Waals surface area (Å²) in [4.78, 5) is 25.0. The predicted molar refractivity (Wildman–Crippen MR) is 112 cm³/mol. The Labute approximate surface area is 186 Å². The minimum absolute atomic E-state index is 0.0538. The third-order valence-corrected chi connectivity index (χ3v) is 5.76. The summed E-state index contributed by atoms with van der Waals surface area (Å²) in [5, 5.41) is 21.2. The number of carbonyl (C=O) groups excluding carboxylic acids is 1. The summed E-state index contributed by atoms with van der Waals surface area (Å²) in [5.74, 6) is -1.33. The molecule has 0 fully saturated rings.